The predicted octanol–water partition coefficient (Wildman–Crippen LogP) is 2.82. The van der Waals surface area contributed by atoms with Crippen molar-refractivity contribution in [3.63, 3.8) is 0 Å². The van der Waals surface area contributed by atoms with Gasteiger partial charge in [-0.3, -0.25) is 4.79 Å². The van der Waals surface area contributed by atoms with Crippen molar-refractivity contribution in [3.05, 3.63) is 0 Å². The van der Waals surface area contributed by atoms with Gasteiger partial charge in [-0.05, 0) is 20.3 Å². The van der Waals surface area contributed by atoms with Crippen LogP contribution in [0.5, 0.6) is 0 Å². The van der Waals surface area contributed by atoms with Crippen LogP contribution in [0.3, 0.4) is 0 Å². The summed E-state index contributed by atoms with van der Waals surface area (Å²) in [5.41, 5.74) is -1.10. The molecule has 0 N–H and O–H groups in total. The van der Waals surface area contributed by atoms with Crippen molar-refractivity contribution in [1.29, 1.82) is 0 Å². The summed E-state index contributed by atoms with van der Waals surface area (Å²) in [5.74, 6) is -1.19. The molecule has 0 aromatic rings. The Morgan fingerprint density at radius 2 is 1.79 bits per heavy atom. The van der Waals surface area contributed by atoms with E-state index in [9.17, 15) is 22.4 Å². The van der Waals surface area contributed by atoms with Crippen LogP contribution < -0.4 is 0 Å². The first kappa shape index (κ1) is 13.2. The second kappa shape index (κ2) is 4.14. The number of carbonyl (C=O) groups is 1. The van der Waals surface area contributed by atoms with E-state index in [1.54, 1.807) is 6.92 Å². The molecule has 0 rings (SSSR count). The number of ether oxygens (including phenoxy) is 1. The molecular formula is C8H12F4O2. The third kappa shape index (κ3) is 3.51. The smallest absolute Gasteiger partial charge is 0.421 e. The first-order valence-electron chi connectivity index (χ1n) is 4.03. The van der Waals surface area contributed by atoms with Gasteiger partial charge in [0.25, 0.3) is 0 Å². The maximum atomic E-state index is 12.3. The van der Waals surface area contributed by atoms with Gasteiger partial charge in [-0.2, -0.15) is 17.6 Å². The van der Waals surface area contributed by atoms with Crippen LogP contribution in [-0.2, 0) is 9.53 Å². The van der Waals surface area contributed by atoms with Crippen molar-refractivity contribution in [3.8, 4) is 0 Å². The zero-order chi connectivity index (χ0) is 11.6. The van der Waals surface area contributed by atoms with Gasteiger partial charge in [0.05, 0.1) is 5.41 Å². The first-order chi connectivity index (χ1) is 6.11. The molecule has 0 bridgehead atoms. The standard InChI is InChI=1S/C8H12F4O2/c1-4-7(2,3)6(13)14-5(9)8(10,11)12/h5H,4H2,1-3H3. The molecule has 1 unspecified atom stereocenters. The maximum Gasteiger partial charge on any atom is 0.457 e. The highest BCUT2D eigenvalue weighted by atomic mass is 19.4. The molecule has 1 atom stereocenters. The van der Waals surface area contributed by atoms with Crippen LogP contribution in [0.2, 0.25) is 0 Å². The van der Waals surface area contributed by atoms with E-state index < -0.39 is 23.9 Å². The van der Waals surface area contributed by atoms with Gasteiger partial charge in [0, 0.05) is 0 Å². The minimum absolute atomic E-state index is 0.274. The van der Waals surface area contributed by atoms with Crippen LogP contribution in [0, 0.1) is 5.41 Å². The Labute approximate surface area is 79.2 Å². The number of hydrogen-bond donors (Lipinski definition) is 0. The Balaban J connectivity index is 4.35. The third-order valence-electron chi connectivity index (χ3n) is 1.90. The lowest BCUT2D eigenvalue weighted by molar-refractivity contribution is -0.262. The van der Waals surface area contributed by atoms with Crippen LogP contribution in [0.25, 0.3) is 0 Å². The van der Waals surface area contributed by atoms with Crippen LogP contribution in [-0.4, -0.2) is 18.5 Å². The monoisotopic (exact) mass is 216 g/mol. The van der Waals surface area contributed by atoms with Crippen molar-refractivity contribution in [2.45, 2.75) is 39.7 Å². The van der Waals surface area contributed by atoms with Gasteiger partial charge >= 0.3 is 18.5 Å². The van der Waals surface area contributed by atoms with Gasteiger partial charge in [0.1, 0.15) is 0 Å². The summed E-state index contributed by atoms with van der Waals surface area (Å²) in [4.78, 5) is 11.0. The fourth-order valence-corrected chi connectivity index (χ4v) is 0.465. The normalized spacial score (nSPS) is 15.1. The molecule has 0 aliphatic rings. The summed E-state index contributed by atoms with van der Waals surface area (Å²) in [6, 6.07) is 0. The van der Waals surface area contributed by atoms with Crippen LogP contribution in [0.1, 0.15) is 27.2 Å². The zero-order valence-corrected chi connectivity index (χ0v) is 8.11. The Morgan fingerprint density at radius 3 is 2.07 bits per heavy atom. The van der Waals surface area contributed by atoms with Gasteiger partial charge in [-0.1, -0.05) is 6.92 Å². The molecule has 0 saturated heterocycles. The molecule has 0 aromatic carbocycles. The molecule has 0 radical (unpaired) electrons. The van der Waals surface area contributed by atoms with Crippen LogP contribution >= 0.6 is 0 Å². The molecule has 0 aliphatic carbocycles. The molecule has 0 saturated carbocycles. The van der Waals surface area contributed by atoms with E-state index in [2.05, 4.69) is 4.74 Å². The van der Waals surface area contributed by atoms with E-state index in [0.29, 0.717) is 0 Å². The van der Waals surface area contributed by atoms with Gasteiger partial charge in [-0.15, -0.1) is 0 Å². The highest BCUT2D eigenvalue weighted by Gasteiger charge is 2.45. The Hall–Kier alpha value is -0.810. The number of alkyl halides is 4. The molecule has 2 nitrogen and oxygen atoms in total. The summed E-state index contributed by atoms with van der Waals surface area (Å²) in [5, 5.41) is 0. The number of rotatable bonds is 3. The van der Waals surface area contributed by atoms with Crippen molar-refractivity contribution in [1.82, 2.24) is 0 Å². The number of esters is 1. The zero-order valence-electron chi connectivity index (χ0n) is 8.11. The summed E-state index contributed by atoms with van der Waals surface area (Å²) >= 11 is 0. The molecule has 0 heterocycles. The number of carbonyl (C=O) groups excluding carboxylic acids is 1. The number of halogens is 4. The molecule has 14 heavy (non-hydrogen) atoms. The van der Waals surface area contributed by atoms with E-state index in [0.717, 1.165) is 0 Å². The Bertz CT molecular complexity index is 210. The fourth-order valence-electron chi connectivity index (χ4n) is 0.465. The van der Waals surface area contributed by atoms with E-state index in [1.165, 1.54) is 13.8 Å². The predicted molar refractivity (Wildman–Crippen MR) is 41.1 cm³/mol. The van der Waals surface area contributed by atoms with Crippen LogP contribution in [0.4, 0.5) is 17.6 Å². The molecule has 0 spiro atoms. The summed E-state index contributed by atoms with van der Waals surface area (Å²) < 4.78 is 50.8. The Morgan fingerprint density at radius 1 is 1.36 bits per heavy atom. The molecule has 0 aromatic heterocycles. The molecule has 6 heteroatoms. The van der Waals surface area contributed by atoms with E-state index in [-0.39, 0.29) is 6.42 Å². The molecule has 0 fully saturated rings. The highest BCUT2D eigenvalue weighted by Crippen LogP contribution is 2.28. The van der Waals surface area contributed by atoms with Crippen molar-refractivity contribution >= 4 is 5.97 Å². The average molecular weight is 216 g/mol. The third-order valence-corrected chi connectivity index (χ3v) is 1.90. The lowest BCUT2D eigenvalue weighted by Gasteiger charge is -2.22. The largest absolute Gasteiger partial charge is 0.457 e. The minimum atomic E-state index is -5.15. The lowest BCUT2D eigenvalue weighted by Crippen LogP contribution is -2.35. The van der Waals surface area contributed by atoms with Crippen LogP contribution in [0.15, 0.2) is 0 Å². The molecule has 84 valence electrons. The minimum Gasteiger partial charge on any atom is -0.421 e. The van der Waals surface area contributed by atoms with Crippen molar-refractivity contribution in [2.75, 3.05) is 0 Å². The second-order valence-corrected chi connectivity index (χ2v) is 3.50. The van der Waals surface area contributed by atoms with E-state index >= 15 is 0 Å². The van der Waals surface area contributed by atoms with Gasteiger partial charge < -0.3 is 4.74 Å². The van der Waals surface area contributed by atoms with E-state index in [1.807, 2.05) is 0 Å². The fraction of sp³-hybridized carbons (Fsp3) is 0.875. The molecular weight excluding hydrogens is 204 g/mol. The first-order valence-corrected chi connectivity index (χ1v) is 4.03. The van der Waals surface area contributed by atoms with Gasteiger partial charge in [0.15, 0.2) is 0 Å². The quantitative estimate of drug-likeness (QED) is 0.535. The molecule has 0 aliphatic heterocycles. The van der Waals surface area contributed by atoms with Gasteiger partial charge in [0.2, 0.25) is 0 Å². The number of hydrogen-bond acceptors (Lipinski definition) is 2. The maximum absolute atomic E-state index is 12.3. The SMILES string of the molecule is CCC(C)(C)C(=O)OC(F)C(F)(F)F. The topological polar surface area (TPSA) is 26.3 Å². The highest BCUT2D eigenvalue weighted by molar-refractivity contribution is 5.75. The Kier molecular flexibility index (Phi) is 3.91. The average Bonchev–Trinajstić information content (AvgIpc) is 2.02. The van der Waals surface area contributed by atoms with Crippen molar-refractivity contribution in [2.24, 2.45) is 5.41 Å². The van der Waals surface area contributed by atoms with Crippen molar-refractivity contribution < 1.29 is 27.1 Å². The molecule has 0 amide bonds. The van der Waals surface area contributed by atoms with Gasteiger partial charge in [-0.25, -0.2) is 0 Å². The van der Waals surface area contributed by atoms with E-state index in [4.69, 9.17) is 0 Å². The summed E-state index contributed by atoms with van der Waals surface area (Å²) in [6.45, 7) is 4.37. The summed E-state index contributed by atoms with van der Waals surface area (Å²) in [6.07, 6.45) is -8.42. The summed E-state index contributed by atoms with van der Waals surface area (Å²) in [7, 11) is 0. The second-order valence-electron chi connectivity index (χ2n) is 3.50. The lowest BCUT2D eigenvalue weighted by atomic mass is 9.91.